The first-order chi connectivity index (χ1) is 17.4. The normalized spacial score (nSPS) is 11.9. The van der Waals surface area contributed by atoms with Gasteiger partial charge in [0.2, 0.25) is 0 Å². The lowest BCUT2D eigenvalue weighted by atomic mass is 9.82. The Bertz CT molecular complexity index is 1430. The van der Waals surface area contributed by atoms with Crippen LogP contribution in [0, 0.1) is 0 Å². The van der Waals surface area contributed by atoms with Crippen LogP contribution in [0.5, 0.6) is 11.5 Å². The molecule has 4 aromatic rings. The summed E-state index contributed by atoms with van der Waals surface area (Å²) in [4.78, 5) is 18.2. The number of hydrogen-bond acceptors (Lipinski definition) is 6. The number of ether oxygens (including phenoxy) is 1. The molecule has 0 aliphatic heterocycles. The van der Waals surface area contributed by atoms with Gasteiger partial charge in [0, 0.05) is 34.5 Å². The smallest absolute Gasteiger partial charge is 0.354 e. The Kier molecular flexibility index (Phi) is 7.51. The van der Waals surface area contributed by atoms with Crippen molar-refractivity contribution in [1.82, 2.24) is 4.98 Å². The van der Waals surface area contributed by atoms with Crippen molar-refractivity contribution in [1.29, 1.82) is 0 Å². The first kappa shape index (κ1) is 26.6. The molecule has 0 aliphatic carbocycles. The van der Waals surface area contributed by atoms with Gasteiger partial charge in [-0.05, 0) is 58.4 Å². The number of hydrogen-bond donors (Lipinski definition) is 1. The maximum absolute atomic E-state index is 13.0. The third-order valence-corrected chi connectivity index (χ3v) is 7.16. The molecule has 0 atom stereocenters. The summed E-state index contributed by atoms with van der Waals surface area (Å²) >= 11 is 1.25. The highest BCUT2D eigenvalue weighted by atomic mass is 32.2. The number of aromatic hydroxyl groups is 1. The number of rotatable bonds is 6. The highest BCUT2D eigenvalue weighted by Crippen LogP contribution is 2.41. The predicted molar refractivity (Wildman–Crippen MR) is 149 cm³/mol. The molecule has 0 radical (unpaired) electrons. The van der Waals surface area contributed by atoms with Crippen LogP contribution in [-0.4, -0.2) is 10.1 Å². The van der Waals surface area contributed by atoms with E-state index >= 15 is 0 Å². The lowest BCUT2D eigenvalue weighted by Gasteiger charge is -2.26. The summed E-state index contributed by atoms with van der Waals surface area (Å²) < 4.78 is 11.5. The van der Waals surface area contributed by atoms with Gasteiger partial charge in [-0.1, -0.05) is 71.5 Å². The highest BCUT2D eigenvalue weighted by Gasteiger charge is 2.24. The molecule has 2 aromatic heterocycles. The zero-order chi connectivity index (χ0) is 26.8. The molecular weight excluding hydrogens is 482 g/mol. The third kappa shape index (κ3) is 6.44. The summed E-state index contributed by atoms with van der Waals surface area (Å²) in [5.41, 5.74) is 3.16. The van der Waals surface area contributed by atoms with Crippen LogP contribution < -0.4 is 10.4 Å². The first-order valence-corrected chi connectivity index (χ1v) is 13.1. The molecular formula is C31H33NO4S. The van der Waals surface area contributed by atoms with E-state index in [0.717, 1.165) is 21.6 Å². The Balaban J connectivity index is 1.59. The fraction of sp³-hybridized carbons (Fsp3) is 0.290. The molecule has 0 unspecified atom stereocenters. The average molecular weight is 516 g/mol. The van der Waals surface area contributed by atoms with E-state index < -0.39 is 5.63 Å². The largest absolute Gasteiger partial charge is 0.506 e. The van der Waals surface area contributed by atoms with Crippen LogP contribution in [0.3, 0.4) is 0 Å². The van der Waals surface area contributed by atoms with Gasteiger partial charge in [-0.25, -0.2) is 4.79 Å². The minimum absolute atomic E-state index is 0.0455. The third-order valence-electron chi connectivity index (χ3n) is 6.02. The maximum atomic E-state index is 13.0. The lowest BCUT2D eigenvalue weighted by Crippen LogP contribution is -2.16. The Morgan fingerprint density at radius 2 is 1.68 bits per heavy atom. The molecule has 0 spiro atoms. The van der Waals surface area contributed by atoms with Crippen molar-refractivity contribution < 1.29 is 14.3 Å². The molecule has 0 bridgehead atoms. The molecule has 1 N–H and O–H groups in total. The van der Waals surface area contributed by atoms with Crippen LogP contribution in [0.25, 0.3) is 11.3 Å². The highest BCUT2D eigenvalue weighted by molar-refractivity contribution is 7.99. The van der Waals surface area contributed by atoms with Gasteiger partial charge < -0.3 is 14.3 Å². The van der Waals surface area contributed by atoms with Gasteiger partial charge >= 0.3 is 5.63 Å². The van der Waals surface area contributed by atoms with E-state index in [2.05, 4.69) is 64.7 Å². The molecule has 4 rings (SSSR count). The molecule has 0 amide bonds. The Labute approximate surface area is 222 Å². The lowest BCUT2D eigenvalue weighted by molar-refractivity contribution is 0.306. The van der Waals surface area contributed by atoms with Gasteiger partial charge in [-0.3, -0.25) is 4.98 Å². The molecule has 37 heavy (non-hydrogen) atoms. The maximum Gasteiger partial charge on any atom is 0.354 e. The van der Waals surface area contributed by atoms with Crippen molar-refractivity contribution in [2.45, 2.75) is 68.8 Å². The minimum Gasteiger partial charge on any atom is -0.506 e. The van der Waals surface area contributed by atoms with Crippen molar-refractivity contribution in [3.8, 4) is 22.8 Å². The second-order valence-electron chi connectivity index (χ2n) is 11.1. The van der Waals surface area contributed by atoms with Crippen LogP contribution >= 0.6 is 11.8 Å². The van der Waals surface area contributed by atoms with Crippen LogP contribution in [0.4, 0.5) is 0 Å². The number of benzene rings is 2. The zero-order valence-corrected chi connectivity index (χ0v) is 23.0. The predicted octanol–water partition coefficient (Wildman–Crippen LogP) is 7.73. The molecule has 192 valence electrons. The minimum atomic E-state index is -0.571. The number of aromatic nitrogens is 1. The zero-order valence-electron chi connectivity index (χ0n) is 22.2. The van der Waals surface area contributed by atoms with Crippen LogP contribution in [-0.2, 0) is 17.4 Å². The van der Waals surface area contributed by atoms with Crippen LogP contribution in [0.15, 0.2) is 92.1 Å². The number of pyridine rings is 1. The fourth-order valence-corrected chi connectivity index (χ4v) is 5.05. The molecule has 2 aromatic carbocycles. The number of nitrogens with zero attached hydrogens (tertiary/aromatic N) is 1. The standard InChI is InChI=1S/C31H33NO4S/c1-30(2,3)22-11-14-24(31(4,5)6)27(16-22)37-28-25(33)17-26(36-29(28)34)21-9-12-23(13-10-21)35-19-20-8-7-15-32-18-20/h7-18,33H,19H2,1-6H3. The molecule has 0 saturated heterocycles. The molecule has 6 heteroatoms. The summed E-state index contributed by atoms with van der Waals surface area (Å²) in [5, 5.41) is 10.9. The van der Waals surface area contributed by atoms with Crippen molar-refractivity contribution in [2.24, 2.45) is 0 Å². The van der Waals surface area contributed by atoms with E-state index in [9.17, 15) is 9.90 Å². The van der Waals surface area contributed by atoms with Crippen molar-refractivity contribution >= 4 is 11.8 Å². The second-order valence-corrected chi connectivity index (χ2v) is 12.2. The van der Waals surface area contributed by atoms with Gasteiger partial charge in [0.1, 0.15) is 28.8 Å². The average Bonchev–Trinajstić information content (AvgIpc) is 2.84. The van der Waals surface area contributed by atoms with E-state index in [1.54, 1.807) is 36.7 Å². The van der Waals surface area contributed by atoms with Gasteiger partial charge in [0.15, 0.2) is 0 Å². The van der Waals surface area contributed by atoms with Crippen LogP contribution in [0.1, 0.15) is 58.2 Å². The second kappa shape index (κ2) is 10.5. The van der Waals surface area contributed by atoms with E-state index in [0.29, 0.717) is 23.7 Å². The van der Waals surface area contributed by atoms with Crippen molar-refractivity contribution in [3.05, 3.63) is 100 Å². The van der Waals surface area contributed by atoms with E-state index in [4.69, 9.17) is 9.15 Å². The molecule has 5 nitrogen and oxygen atoms in total. The molecule has 0 aliphatic rings. The monoisotopic (exact) mass is 515 g/mol. The fourth-order valence-electron chi connectivity index (χ4n) is 3.87. The van der Waals surface area contributed by atoms with Crippen molar-refractivity contribution in [3.63, 3.8) is 0 Å². The summed E-state index contributed by atoms with van der Waals surface area (Å²) in [6.45, 7) is 13.3. The van der Waals surface area contributed by atoms with Gasteiger partial charge in [0.25, 0.3) is 0 Å². The summed E-state index contributed by atoms with van der Waals surface area (Å²) in [6.07, 6.45) is 3.48. The van der Waals surface area contributed by atoms with E-state index in [-0.39, 0.29) is 21.5 Å². The SMILES string of the molecule is CC(C)(C)c1ccc(C(C)(C)C)c(Sc2c(O)cc(-c3ccc(OCc4cccnc4)cc3)oc2=O)c1. The quantitative estimate of drug-likeness (QED) is 0.283. The molecule has 0 saturated carbocycles. The van der Waals surface area contributed by atoms with Gasteiger partial charge in [0.05, 0.1) is 0 Å². The Morgan fingerprint density at radius 3 is 2.27 bits per heavy atom. The van der Waals surface area contributed by atoms with Gasteiger partial charge in [-0.15, -0.1) is 0 Å². The van der Waals surface area contributed by atoms with E-state index in [1.165, 1.54) is 17.8 Å². The molecule has 2 heterocycles. The summed E-state index contributed by atoms with van der Waals surface area (Å²) in [6, 6.07) is 18.9. The Morgan fingerprint density at radius 1 is 0.946 bits per heavy atom. The topological polar surface area (TPSA) is 72.6 Å². The summed E-state index contributed by atoms with van der Waals surface area (Å²) in [7, 11) is 0. The van der Waals surface area contributed by atoms with Gasteiger partial charge in [-0.2, -0.15) is 0 Å². The van der Waals surface area contributed by atoms with Crippen molar-refractivity contribution in [2.75, 3.05) is 0 Å². The summed E-state index contributed by atoms with van der Waals surface area (Å²) in [5.74, 6) is 0.874. The van der Waals surface area contributed by atoms with E-state index in [1.807, 2.05) is 12.1 Å². The Hall–Kier alpha value is -3.51. The molecule has 0 fully saturated rings. The first-order valence-electron chi connectivity index (χ1n) is 12.2. The van der Waals surface area contributed by atoms with Crippen LogP contribution in [0.2, 0.25) is 0 Å².